The van der Waals surface area contributed by atoms with Crippen LogP contribution in [0.1, 0.15) is 31.4 Å². The Morgan fingerprint density at radius 2 is 1.88 bits per heavy atom. The summed E-state index contributed by atoms with van der Waals surface area (Å²) in [5.74, 6) is -2.39. The largest absolute Gasteiger partial charge is 0.496 e. The molecule has 0 saturated carbocycles. The lowest BCUT2D eigenvalue weighted by Gasteiger charge is -2.26. The highest BCUT2D eigenvalue weighted by molar-refractivity contribution is 5.87. The first-order valence-electron chi connectivity index (χ1n) is 7.54. The zero-order valence-electron chi connectivity index (χ0n) is 14.3. The maximum Gasteiger partial charge on any atom is 0.431 e. The number of rotatable bonds is 6. The van der Waals surface area contributed by atoms with Crippen LogP contribution in [-0.2, 0) is 9.53 Å². The Labute approximate surface area is 143 Å². The Morgan fingerprint density at radius 3 is 2.32 bits per heavy atom. The second kappa shape index (κ2) is 7.86. The fourth-order valence-electron chi connectivity index (χ4n) is 2.30. The molecule has 0 heterocycles. The minimum atomic E-state index is -5.29. The van der Waals surface area contributed by atoms with E-state index in [9.17, 15) is 27.5 Å². The number of benzene rings is 1. The number of methoxy groups -OCH3 is 1. The molecule has 1 N–H and O–H groups in total. The van der Waals surface area contributed by atoms with Crippen LogP contribution in [-0.4, -0.2) is 36.6 Å². The predicted octanol–water partition coefficient (Wildman–Crippen LogP) is 3.79. The lowest BCUT2D eigenvalue weighted by atomic mass is 9.92. The van der Waals surface area contributed by atoms with Crippen LogP contribution < -0.4 is 4.74 Å². The summed E-state index contributed by atoms with van der Waals surface area (Å²) < 4.78 is 63.1. The number of hydrogen-bond acceptors (Lipinski definition) is 4. The minimum absolute atomic E-state index is 0.0270. The molecule has 0 spiro atoms. The molecule has 1 rings (SSSR count). The Bertz CT molecular complexity index is 667. The van der Waals surface area contributed by atoms with Crippen LogP contribution in [0.3, 0.4) is 0 Å². The summed E-state index contributed by atoms with van der Waals surface area (Å²) in [5.41, 5.74) is -3.60. The number of hydrogen-bond donors (Lipinski definition) is 1. The van der Waals surface area contributed by atoms with Gasteiger partial charge in [0.25, 0.3) is 5.60 Å². The van der Waals surface area contributed by atoms with Crippen molar-refractivity contribution < 1.29 is 36.9 Å². The summed E-state index contributed by atoms with van der Waals surface area (Å²) in [7, 11) is 1.25. The molecular weight excluding hydrogens is 344 g/mol. The van der Waals surface area contributed by atoms with Gasteiger partial charge in [0, 0.05) is 11.1 Å². The first kappa shape index (κ1) is 21.0. The zero-order chi connectivity index (χ0) is 19.4. The molecule has 0 aliphatic heterocycles. The highest BCUT2D eigenvalue weighted by Gasteiger charge is 2.59. The van der Waals surface area contributed by atoms with Crippen molar-refractivity contribution in [2.75, 3.05) is 13.7 Å². The van der Waals surface area contributed by atoms with E-state index in [0.29, 0.717) is 6.08 Å². The van der Waals surface area contributed by atoms with Crippen molar-refractivity contribution in [2.45, 2.75) is 39.0 Å². The van der Waals surface area contributed by atoms with Gasteiger partial charge in [-0.25, -0.2) is 9.18 Å². The average molecular weight is 364 g/mol. The van der Waals surface area contributed by atoms with E-state index in [0.717, 1.165) is 6.07 Å². The van der Waals surface area contributed by atoms with Gasteiger partial charge in [-0.05, 0) is 44.1 Å². The van der Waals surface area contributed by atoms with Crippen molar-refractivity contribution in [3.05, 3.63) is 35.2 Å². The monoisotopic (exact) mass is 364 g/mol. The van der Waals surface area contributed by atoms with E-state index in [-0.39, 0.29) is 35.5 Å². The third-order valence-electron chi connectivity index (χ3n) is 3.67. The predicted molar refractivity (Wildman–Crippen MR) is 83.6 cm³/mol. The molecule has 0 bridgehead atoms. The van der Waals surface area contributed by atoms with Crippen molar-refractivity contribution in [1.82, 2.24) is 0 Å². The molecule has 0 aliphatic rings. The third-order valence-corrected chi connectivity index (χ3v) is 3.67. The maximum atomic E-state index is 13.7. The molecule has 140 valence electrons. The third kappa shape index (κ3) is 4.12. The normalized spacial score (nSPS) is 14.8. The molecule has 1 aromatic rings. The van der Waals surface area contributed by atoms with Crippen molar-refractivity contribution >= 4 is 11.5 Å². The first-order chi connectivity index (χ1) is 11.5. The molecule has 1 aromatic carbocycles. The van der Waals surface area contributed by atoms with E-state index in [1.807, 2.05) is 0 Å². The van der Waals surface area contributed by atoms with Crippen molar-refractivity contribution in [3.8, 4) is 5.75 Å². The molecule has 1 atom stereocenters. The average Bonchev–Trinajstić information content (AvgIpc) is 2.54. The summed E-state index contributed by atoms with van der Waals surface area (Å²) in [6.45, 7) is 3.94. The van der Waals surface area contributed by atoms with Gasteiger partial charge in [-0.1, -0.05) is 6.92 Å². The SMILES string of the molecule is CCOC(=O)[C@](O)(C=C(CC)c1ccc(F)c(C)c1OC)C(F)(F)F. The van der Waals surface area contributed by atoms with Gasteiger partial charge in [-0.3, -0.25) is 0 Å². The summed E-state index contributed by atoms with van der Waals surface area (Å²) in [6, 6.07) is 2.31. The number of carbonyl (C=O) groups is 1. The van der Waals surface area contributed by atoms with Gasteiger partial charge in [0.1, 0.15) is 11.6 Å². The molecule has 25 heavy (non-hydrogen) atoms. The van der Waals surface area contributed by atoms with E-state index in [2.05, 4.69) is 4.74 Å². The van der Waals surface area contributed by atoms with Gasteiger partial charge in [-0.2, -0.15) is 13.2 Å². The van der Waals surface area contributed by atoms with Crippen molar-refractivity contribution in [2.24, 2.45) is 0 Å². The highest BCUT2D eigenvalue weighted by Crippen LogP contribution is 2.39. The molecule has 0 unspecified atom stereocenters. The Morgan fingerprint density at radius 1 is 1.28 bits per heavy atom. The van der Waals surface area contributed by atoms with Gasteiger partial charge in [-0.15, -0.1) is 0 Å². The fourth-order valence-corrected chi connectivity index (χ4v) is 2.30. The topological polar surface area (TPSA) is 55.8 Å². The van der Waals surface area contributed by atoms with Crippen LogP contribution in [0.4, 0.5) is 17.6 Å². The summed E-state index contributed by atoms with van der Waals surface area (Å²) in [4.78, 5) is 11.7. The van der Waals surface area contributed by atoms with Crippen molar-refractivity contribution in [1.29, 1.82) is 0 Å². The van der Waals surface area contributed by atoms with Crippen LogP contribution in [0, 0.1) is 12.7 Å². The molecule has 0 amide bonds. The molecule has 0 radical (unpaired) electrons. The van der Waals surface area contributed by atoms with Crippen LogP contribution in [0.15, 0.2) is 18.2 Å². The van der Waals surface area contributed by atoms with E-state index in [1.165, 1.54) is 33.9 Å². The Hall–Kier alpha value is -2.09. The number of allylic oxidation sites excluding steroid dienone is 1. The molecule has 0 fully saturated rings. The Balaban J connectivity index is 3.61. The molecule has 0 aliphatic carbocycles. The summed E-state index contributed by atoms with van der Waals surface area (Å²) >= 11 is 0. The molecular formula is C17H20F4O4. The standard InChI is InChI=1S/C17H20F4O4/c1-5-11(12-7-8-13(18)10(3)14(12)24-4)9-16(23,17(19,20)21)15(22)25-6-2/h7-9,23H,5-6H2,1-4H3/t16-/m1/s1. The Kier molecular flexibility index (Phi) is 6.59. The van der Waals surface area contributed by atoms with E-state index in [4.69, 9.17) is 4.74 Å². The lowest BCUT2D eigenvalue weighted by Crippen LogP contribution is -2.51. The van der Waals surface area contributed by atoms with Gasteiger partial charge in [0.2, 0.25) is 0 Å². The minimum Gasteiger partial charge on any atom is -0.496 e. The number of ether oxygens (including phenoxy) is 2. The number of alkyl halides is 3. The molecule has 0 saturated heterocycles. The molecule has 8 heteroatoms. The zero-order valence-corrected chi connectivity index (χ0v) is 14.3. The van der Waals surface area contributed by atoms with Crippen LogP contribution >= 0.6 is 0 Å². The summed E-state index contributed by atoms with van der Waals surface area (Å²) in [5, 5.41) is 10.0. The molecule has 4 nitrogen and oxygen atoms in total. The van der Waals surface area contributed by atoms with Crippen LogP contribution in [0.25, 0.3) is 5.57 Å². The van der Waals surface area contributed by atoms with Gasteiger partial charge in [0.15, 0.2) is 0 Å². The quantitative estimate of drug-likeness (QED) is 0.616. The highest BCUT2D eigenvalue weighted by atomic mass is 19.4. The second-order valence-electron chi connectivity index (χ2n) is 5.26. The number of esters is 1. The number of halogens is 4. The first-order valence-corrected chi connectivity index (χ1v) is 7.54. The van der Waals surface area contributed by atoms with Crippen molar-refractivity contribution in [3.63, 3.8) is 0 Å². The van der Waals surface area contributed by atoms with Gasteiger partial charge >= 0.3 is 12.1 Å². The van der Waals surface area contributed by atoms with E-state index in [1.54, 1.807) is 0 Å². The van der Waals surface area contributed by atoms with Gasteiger partial charge in [0.05, 0.1) is 13.7 Å². The second-order valence-corrected chi connectivity index (χ2v) is 5.26. The van der Waals surface area contributed by atoms with E-state index < -0.39 is 23.6 Å². The fraction of sp³-hybridized carbons (Fsp3) is 0.471. The smallest absolute Gasteiger partial charge is 0.431 e. The van der Waals surface area contributed by atoms with Crippen LogP contribution in [0.2, 0.25) is 0 Å². The number of aliphatic hydroxyl groups is 1. The summed E-state index contributed by atoms with van der Waals surface area (Å²) in [6.07, 6.45) is -4.87. The van der Waals surface area contributed by atoms with Crippen LogP contribution in [0.5, 0.6) is 5.75 Å². The number of carbonyl (C=O) groups excluding carboxylic acids is 1. The molecule has 0 aromatic heterocycles. The maximum absolute atomic E-state index is 13.7. The van der Waals surface area contributed by atoms with E-state index >= 15 is 0 Å². The lowest BCUT2D eigenvalue weighted by molar-refractivity contribution is -0.245. The van der Waals surface area contributed by atoms with Gasteiger partial charge < -0.3 is 14.6 Å².